The lowest BCUT2D eigenvalue weighted by Crippen LogP contribution is -2.31. The van der Waals surface area contributed by atoms with E-state index in [0.29, 0.717) is 5.92 Å². The minimum absolute atomic E-state index is 0.456. The van der Waals surface area contributed by atoms with Gasteiger partial charge in [0.2, 0.25) is 0 Å². The molecule has 1 aliphatic rings. The highest BCUT2D eigenvalue weighted by molar-refractivity contribution is 5.37. The van der Waals surface area contributed by atoms with E-state index in [1.54, 1.807) is 6.20 Å². The maximum atomic E-state index is 5.80. The molecular formula is C17H25N5O. The van der Waals surface area contributed by atoms with Crippen molar-refractivity contribution in [2.45, 2.75) is 13.0 Å². The molecule has 0 amide bonds. The van der Waals surface area contributed by atoms with Crippen LogP contribution in [0.25, 0.3) is 0 Å². The quantitative estimate of drug-likeness (QED) is 0.907. The number of hydrogen-bond acceptors (Lipinski definition) is 5. The Kier molecular flexibility index (Phi) is 5.25. The first-order valence-electron chi connectivity index (χ1n) is 8.12. The van der Waals surface area contributed by atoms with Gasteiger partial charge in [-0.1, -0.05) is 6.07 Å². The molecule has 3 heterocycles. The van der Waals surface area contributed by atoms with Crippen molar-refractivity contribution in [1.29, 1.82) is 0 Å². The zero-order chi connectivity index (χ0) is 16.1. The number of rotatable bonds is 5. The summed E-state index contributed by atoms with van der Waals surface area (Å²) in [5.74, 6) is 2.47. The molecule has 0 bridgehead atoms. The predicted octanol–water partition coefficient (Wildman–Crippen LogP) is 1.56. The van der Waals surface area contributed by atoms with E-state index in [2.05, 4.69) is 27.0 Å². The predicted molar refractivity (Wildman–Crippen MR) is 90.4 cm³/mol. The van der Waals surface area contributed by atoms with Crippen molar-refractivity contribution in [1.82, 2.24) is 19.9 Å². The second-order valence-electron chi connectivity index (χ2n) is 6.30. The number of H-pyrrole nitrogens is 1. The molecule has 1 aliphatic heterocycles. The van der Waals surface area contributed by atoms with Crippen molar-refractivity contribution in [3.63, 3.8) is 0 Å². The Balaban J connectivity index is 1.63. The topological polar surface area (TPSA) is 57.3 Å². The molecule has 6 nitrogen and oxygen atoms in total. The minimum Gasteiger partial charge on any atom is -0.380 e. The third-order valence-corrected chi connectivity index (χ3v) is 4.10. The van der Waals surface area contributed by atoms with E-state index >= 15 is 0 Å². The summed E-state index contributed by atoms with van der Waals surface area (Å²) in [6, 6.07) is 6.22. The summed E-state index contributed by atoms with van der Waals surface area (Å²) in [6.07, 6.45) is 4.62. The Morgan fingerprint density at radius 3 is 3.09 bits per heavy atom. The second-order valence-corrected chi connectivity index (χ2v) is 6.30. The summed E-state index contributed by atoms with van der Waals surface area (Å²) in [6.45, 7) is 4.37. The first kappa shape index (κ1) is 16.0. The molecule has 6 heteroatoms. The fourth-order valence-electron chi connectivity index (χ4n) is 2.94. The number of hydrogen-bond donors (Lipinski definition) is 1. The van der Waals surface area contributed by atoms with Gasteiger partial charge in [0.15, 0.2) is 0 Å². The van der Waals surface area contributed by atoms with E-state index in [9.17, 15) is 0 Å². The molecule has 1 N–H and O–H groups in total. The number of nitrogens with zero attached hydrogens (tertiary/aromatic N) is 4. The van der Waals surface area contributed by atoms with Gasteiger partial charge in [0.25, 0.3) is 0 Å². The summed E-state index contributed by atoms with van der Waals surface area (Å²) in [5, 5.41) is 0. The Labute approximate surface area is 137 Å². The highest BCUT2D eigenvalue weighted by atomic mass is 16.5. The fourth-order valence-corrected chi connectivity index (χ4v) is 2.94. The Hall–Kier alpha value is -1.92. The van der Waals surface area contributed by atoms with Gasteiger partial charge in [-0.3, -0.25) is 4.90 Å². The largest absolute Gasteiger partial charge is 0.380 e. The third kappa shape index (κ3) is 4.53. The standard InChI is InChI=1S/C17H25N5O/c1-21(2)17-5-3-4-15(20-17)10-14-11-22(8-9-23-13-14)12-16-18-6-7-19-16/h3-7,14H,8-13H2,1-2H3,(H,18,19)/t14-/m1/s1. The lowest BCUT2D eigenvalue weighted by Gasteiger charge is -2.22. The van der Waals surface area contributed by atoms with Crippen LogP contribution >= 0.6 is 0 Å². The zero-order valence-corrected chi connectivity index (χ0v) is 13.9. The van der Waals surface area contributed by atoms with Crippen molar-refractivity contribution in [2.75, 3.05) is 45.3 Å². The van der Waals surface area contributed by atoms with Gasteiger partial charge in [0, 0.05) is 51.2 Å². The number of nitrogens with one attached hydrogen (secondary N) is 1. The van der Waals surface area contributed by atoms with E-state index in [1.807, 2.05) is 31.3 Å². The number of aromatic nitrogens is 3. The normalized spacial score (nSPS) is 19.5. The summed E-state index contributed by atoms with van der Waals surface area (Å²) in [7, 11) is 4.04. The number of aromatic amines is 1. The minimum atomic E-state index is 0.456. The third-order valence-electron chi connectivity index (χ3n) is 4.10. The molecule has 124 valence electrons. The van der Waals surface area contributed by atoms with Crippen LogP contribution in [0.4, 0.5) is 5.82 Å². The van der Waals surface area contributed by atoms with E-state index in [1.165, 1.54) is 0 Å². The Morgan fingerprint density at radius 1 is 1.39 bits per heavy atom. The van der Waals surface area contributed by atoms with Crippen LogP contribution in [0.1, 0.15) is 11.5 Å². The highest BCUT2D eigenvalue weighted by Crippen LogP contribution is 2.16. The van der Waals surface area contributed by atoms with Gasteiger partial charge >= 0.3 is 0 Å². The first-order chi connectivity index (χ1) is 11.2. The molecule has 23 heavy (non-hydrogen) atoms. The molecule has 1 fully saturated rings. The van der Waals surface area contributed by atoms with Gasteiger partial charge < -0.3 is 14.6 Å². The van der Waals surface area contributed by atoms with Crippen LogP contribution in [-0.4, -0.2) is 60.3 Å². The molecule has 0 unspecified atom stereocenters. The fraction of sp³-hybridized carbons (Fsp3) is 0.529. The summed E-state index contributed by atoms with van der Waals surface area (Å²) in [4.78, 5) is 16.7. The van der Waals surface area contributed by atoms with Crippen LogP contribution in [0.5, 0.6) is 0 Å². The van der Waals surface area contributed by atoms with E-state index in [4.69, 9.17) is 9.72 Å². The maximum Gasteiger partial charge on any atom is 0.128 e. The van der Waals surface area contributed by atoms with E-state index in [0.717, 1.165) is 56.6 Å². The molecular weight excluding hydrogens is 290 g/mol. The van der Waals surface area contributed by atoms with Crippen LogP contribution in [0.3, 0.4) is 0 Å². The molecule has 1 atom stereocenters. The molecule has 3 rings (SSSR count). The Morgan fingerprint density at radius 2 is 2.30 bits per heavy atom. The van der Waals surface area contributed by atoms with E-state index in [-0.39, 0.29) is 0 Å². The number of ether oxygens (including phenoxy) is 1. The summed E-state index contributed by atoms with van der Waals surface area (Å²) < 4.78 is 5.80. The van der Waals surface area contributed by atoms with Crippen LogP contribution in [0.15, 0.2) is 30.6 Å². The Bertz CT molecular complexity index is 599. The lowest BCUT2D eigenvalue weighted by molar-refractivity contribution is 0.121. The van der Waals surface area contributed by atoms with Crippen molar-refractivity contribution >= 4 is 5.82 Å². The number of pyridine rings is 1. The van der Waals surface area contributed by atoms with Gasteiger partial charge in [-0.25, -0.2) is 9.97 Å². The monoisotopic (exact) mass is 315 g/mol. The van der Waals surface area contributed by atoms with Crippen LogP contribution in [0.2, 0.25) is 0 Å². The van der Waals surface area contributed by atoms with E-state index < -0.39 is 0 Å². The van der Waals surface area contributed by atoms with Crippen LogP contribution in [0, 0.1) is 5.92 Å². The number of anilines is 1. The van der Waals surface area contributed by atoms with Crippen molar-refractivity contribution in [2.24, 2.45) is 5.92 Å². The van der Waals surface area contributed by atoms with Gasteiger partial charge in [0.1, 0.15) is 11.6 Å². The summed E-state index contributed by atoms with van der Waals surface area (Å²) >= 11 is 0. The maximum absolute atomic E-state index is 5.80. The van der Waals surface area contributed by atoms with Gasteiger partial charge in [0.05, 0.1) is 19.8 Å². The first-order valence-corrected chi connectivity index (χ1v) is 8.12. The van der Waals surface area contributed by atoms with Crippen molar-refractivity contribution in [3.8, 4) is 0 Å². The van der Waals surface area contributed by atoms with Gasteiger partial charge in [-0.2, -0.15) is 0 Å². The molecule has 0 aliphatic carbocycles. The average molecular weight is 315 g/mol. The smallest absolute Gasteiger partial charge is 0.128 e. The average Bonchev–Trinajstić information content (AvgIpc) is 2.94. The van der Waals surface area contributed by atoms with Crippen molar-refractivity contribution in [3.05, 3.63) is 42.1 Å². The SMILES string of the molecule is CN(C)c1cccc(C[C@H]2COCCN(Cc3ncc[nH]3)C2)n1. The molecule has 0 saturated carbocycles. The lowest BCUT2D eigenvalue weighted by atomic mass is 10.0. The molecule has 0 spiro atoms. The molecule has 2 aromatic rings. The molecule has 0 aromatic carbocycles. The van der Waals surface area contributed by atoms with Gasteiger partial charge in [-0.05, 0) is 18.6 Å². The molecule has 2 aromatic heterocycles. The zero-order valence-electron chi connectivity index (χ0n) is 13.9. The molecule has 0 radical (unpaired) electrons. The second kappa shape index (κ2) is 7.57. The van der Waals surface area contributed by atoms with Crippen LogP contribution < -0.4 is 4.90 Å². The molecule has 1 saturated heterocycles. The summed E-state index contributed by atoms with van der Waals surface area (Å²) in [5.41, 5.74) is 1.13. The van der Waals surface area contributed by atoms with Crippen molar-refractivity contribution < 1.29 is 4.74 Å². The number of imidazole rings is 1. The van der Waals surface area contributed by atoms with Gasteiger partial charge in [-0.15, -0.1) is 0 Å². The highest BCUT2D eigenvalue weighted by Gasteiger charge is 2.20. The van der Waals surface area contributed by atoms with Crippen LogP contribution in [-0.2, 0) is 17.7 Å².